The molecule has 1 N–H and O–H groups in total. The van der Waals surface area contributed by atoms with Gasteiger partial charge in [-0.25, -0.2) is 0 Å². The standard InChI is InChI=1S/C19H25N3O5/c1-26-15-2-4-16(5-3-15)27-13-8-20-17(24)19(6-7-19)18(25)22-11-9-21(14-23)10-12-22/h2-5,14H,6-13H2,1H3,(H,20,24). The molecule has 0 atom stereocenters. The van der Waals surface area contributed by atoms with E-state index in [2.05, 4.69) is 5.32 Å². The van der Waals surface area contributed by atoms with Gasteiger partial charge < -0.3 is 24.6 Å². The number of hydrogen-bond acceptors (Lipinski definition) is 5. The van der Waals surface area contributed by atoms with E-state index in [4.69, 9.17) is 9.47 Å². The maximum Gasteiger partial charge on any atom is 0.238 e. The van der Waals surface area contributed by atoms with Crippen molar-refractivity contribution in [3.8, 4) is 11.5 Å². The van der Waals surface area contributed by atoms with Gasteiger partial charge in [0.1, 0.15) is 23.5 Å². The second kappa shape index (κ2) is 8.28. The minimum atomic E-state index is -0.927. The van der Waals surface area contributed by atoms with Crippen LogP contribution in [-0.2, 0) is 14.4 Å². The summed E-state index contributed by atoms with van der Waals surface area (Å²) in [4.78, 5) is 39.4. The summed E-state index contributed by atoms with van der Waals surface area (Å²) in [5, 5.41) is 2.82. The van der Waals surface area contributed by atoms with Gasteiger partial charge in [0.05, 0.1) is 13.7 Å². The van der Waals surface area contributed by atoms with Crippen LogP contribution in [0.15, 0.2) is 24.3 Å². The van der Waals surface area contributed by atoms with Gasteiger partial charge >= 0.3 is 0 Å². The van der Waals surface area contributed by atoms with E-state index in [1.165, 1.54) is 0 Å². The van der Waals surface area contributed by atoms with Crippen LogP contribution in [0.3, 0.4) is 0 Å². The molecule has 1 aromatic carbocycles. The van der Waals surface area contributed by atoms with Gasteiger partial charge in [0.2, 0.25) is 18.2 Å². The third-order valence-electron chi connectivity index (χ3n) is 5.06. The van der Waals surface area contributed by atoms with E-state index in [9.17, 15) is 14.4 Å². The molecule has 27 heavy (non-hydrogen) atoms. The maximum atomic E-state index is 12.7. The highest BCUT2D eigenvalue weighted by atomic mass is 16.5. The molecule has 0 aromatic heterocycles. The Morgan fingerprint density at radius 1 is 1.11 bits per heavy atom. The fourth-order valence-electron chi connectivity index (χ4n) is 3.17. The van der Waals surface area contributed by atoms with Crippen LogP contribution in [0.2, 0.25) is 0 Å². The first-order chi connectivity index (χ1) is 13.1. The van der Waals surface area contributed by atoms with Crippen LogP contribution in [0.25, 0.3) is 0 Å². The first-order valence-corrected chi connectivity index (χ1v) is 9.13. The van der Waals surface area contributed by atoms with Crippen molar-refractivity contribution in [3.63, 3.8) is 0 Å². The van der Waals surface area contributed by atoms with Gasteiger partial charge in [-0.15, -0.1) is 0 Å². The van der Waals surface area contributed by atoms with Gasteiger partial charge in [0, 0.05) is 26.2 Å². The Kier molecular flexibility index (Phi) is 5.83. The summed E-state index contributed by atoms with van der Waals surface area (Å²) in [7, 11) is 1.60. The Labute approximate surface area is 158 Å². The summed E-state index contributed by atoms with van der Waals surface area (Å²) in [5.41, 5.74) is -0.927. The monoisotopic (exact) mass is 375 g/mol. The van der Waals surface area contributed by atoms with Crippen molar-refractivity contribution >= 4 is 18.2 Å². The predicted molar refractivity (Wildman–Crippen MR) is 97.4 cm³/mol. The SMILES string of the molecule is COc1ccc(OCCNC(=O)C2(C(=O)N3CCN(C=O)CC3)CC2)cc1. The largest absolute Gasteiger partial charge is 0.497 e. The molecule has 146 valence electrons. The Hall–Kier alpha value is -2.77. The molecule has 8 nitrogen and oxygen atoms in total. The molecule has 0 unspecified atom stereocenters. The van der Waals surface area contributed by atoms with Crippen molar-refractivity contribution < 1.29 is 23.9 Å². The third-order valence-corrected chi connectivity index (χ3v) is 5.06. The number of piperazine rings is 1. The number of benzene rings is 1. The van der Waals surface area contributed by atoms with Crippen LogP contribution < -0.4 is 14.8 Å². The number of carbonyl (C=O) groups excluding carboxylic acids is 3. The maximum absolute atomic E-state index is 12.7. The molecule has 8 heteroatoms. The molecule has 1 heterocycles. The summed E-state index contributed by atoms with van der Waals surface area (Å²) in [6.45, 7) is 2.64. The Bertz CT molecular complexity index is 679. The molecular weight excluding hydrogens is 350 g/mol. The Morgan fingerprint density at radius 2 is 1.74 bits per heavy atom. The molecule has 0 spiro atoms. The number of nitrogens with zero attached hydrogens (tertiary/aromatic N) is 2. The van der Waals surface area contributed by atoms with Gasteiger partial charge in [-0.05, 0) is 37.1 Å². The second-order valence-corrected chi connectivity index (χ2v) is 6.80. The van der Waals surface area contributed by atoms with Crippen LogP contribution in [-0.4, -0.2) is 74.5 Å². The highest BCUT2D eigenvalue weighted by Gasteiger charge is 2.58. The lowest BCUT2D eigenvalue weighted by molar-refractivity contribution is -0.146. The molecule has 2 fully saturated rings. The number of rotatable bonds is 8. The van der Waals surface area contributed by atoms with Gasteiger partial charge in [0.25, 0.3) is 0 Å². The normalized spacial score (nSPS) is 17.8. The van der Waals surface area contributed by atoms with Crippen LogP contribution in [0.5, 0.6) is 11.5 Å². The van der Waals surface area contributed by atoms with Crippen molar-refractivity contribution in [3.05, 3.63) is 24.3 Å². The summed E-state index contributed by atoms with van der Waals surface area (Å²) in [5.74, 6) is 1.08. The summed E-state index contributed by atoms with van der Waals surface area (Å²) in [6, 6.07) is 7.20. The van der Waals surface area contributed by atoms with Crippen LogP contribution in [0, 0.1) is 5.41 Å². The summed E-state index contributed by atoms with van der Waals surface area (Å²) in [6.07, 6.45) is 1.94. The topological polar surface area (TPSA) is 88.2 Å². The summed E-state index contributed by atoms with van der Waals surface area (Å²) < 4.78 is 10.7. The van der Waals surface area contributed by atoms with E-state index >= 15 is 0 Å². The molecule has 1 saturated heterocycles. The number of carbonyl (C=O) groups is 3. The molecule has 0 radical (unpaired) electrons. The fraction of sp³-hybridized carbons (Fsp3) is 0.526. The highest BCUT2D eigenvalue weighted by Crippen LogP contribution is 2.47. The smallest absolute Gasteiger partial charge is 0.238 e. The van der Waals surface area contributed by atoms with Crippen molar-refractivity contribution in [1.82, 2.24) is 15.1 Å². The van der Waals surface area contributed by atoms with Crippen molar-refractivity contribution in [1.29, 1.82) is 0 Å². The second-order valence-electron chi connectivity index (χ2n) is 6.80. The van der Waals surface area contributed by atoms with Crippen molar-refractivity contribution in [2.24, 2.45) is 5.41 Å². The zero-order valence-corrected chi connectivity index (χ0v) is 15.5. The minimum Gasteiger partial charge on any atom is -0.497 e. The van der Waals surface area contributed by atoms with Gasteiger partial charge in [0.15, 0.2) is 0 Å². The molecule has 3 amide bonds. The number of amides is 3. The number of hydrogen-bond donors (Lipinski definition) is 1. The quantitative estimate of drug-likeness (QED) is 0.400. The van der Waals surface area contributed by atoms with E-state index in [0.717, 1.165) is 12.2 Å². The van der Waals surface area contributed by atoms with E-state index in [0.29, 0.717) is 57.9 Å². The van der Waals surface area contributed by atoms with Gasteiger partial charge in [-0.3, -0.25) is 14.4 Å². The number of nitrogens with one attached hydrogen (secondary N) is 1. The average molecular weight is 375 g/mol. The van der Waals surface area contributed by atoms with Crippen LogP contribution >= 0.6 is 0 Å². The zero-order valence-electron chi connectivity index (χ0n) is 15.5. The molecule has 3 rings (SSSR count). The highest BCUT2D eigenvalue weighted by molar-refractivity contribution is 6.07. The molecular formula is C19H25N3O5. The predicted octanol–water partition coefficient (Wildman–Crippen LogP) is 0.271. The molecule has 1 saturated carbocycles. The molecule has 1 aromatic rings. The van der Waals surface area contributed by atoms with E-state index in [1.54, 1.807) is 41.2 Å². The Balaban J connectivity index is 1.43. The first-order valence-electron chi connectivity index (χ1n) is 9.13. The van der Waals surface area contributed by atoms with E-state index in [-0.39, 0.29) is 11.8 Å². The van der Waals surface area contributed by atoms with Crippen LogP contribution in [0.4, 0.5) is 0 Å². The lowest BCUT2D eigenvalue weighted by Gasteiger charge is -2.34. The van der Waals surface area contributed by atoms with Gasteiger partial charge in [-0.2, -0.15) is 0 Å². The van der Waals surface area contributed by atoms with E-state index in [1.807, 2.05) is 0 Å². The number of methoxy groups -OCH3 is 1. The zero-order chi connectivity index (χ0) is 19.3. The lowest BCUT2D eigenvalue weighted by Crippen LogP contribution is -2.53. The van der Waals surface area contributed by atoms with Gasteiger partial charge in [-0.1, -0.05) is 0 Å². The Morgan fingerprint density at radius 3 is 2.30 bits per heavy atom. The van der Waals surface area contributed by atoms with Crippen LogP contribution in [0.1, 0.15) is 12.8 Å². The summed E-state index contributed by atoms with van der Waals surface area (Å²) >= 11 is 0. The van der Waals surface area contributed by atoms with Crippen molar-refractivity contribution in [2.75, 3.05) is 46.4 Å². The molecule has 2 aliphatic rings. The number of ether oxygens (including phenoxy) is 2. The lowest BCUT2D eigenvalue weighted by atomic mass is 10.0. The fourth-order valence-corrected chi connectivity index (χ4v) is 3.17. The van der Waals surface area contributed by atoms with E-state index < -0.39 is 5.41 Å². The van der Waals surface area contributed by atoms with Crippen molar-refractivity contribution in [2.45, 2.75) is 12.8 Å². The molecule has 1 aliphatic carbocycles. The average Bonchev–Trinajstić information content (AvgIpc) is 3.53. The minimum absolute atomic E-state index is 0.123. The molecule has 0 bridgehead atoms. The third kappa shape index (κ3) is 4.32. The molecule has 1 aliphatic heterocycles. The first kappa shape index (κ1) is 19.0.